The lowest BCUT2D eigenvalue weighted by Gasteiger charge is -2.29. The second-order valence-electron chi connectivity index (χ2n) is 7.67. The number of rotatable bonds is 4. The van der Waals surface area contributed by atoms with E-state index in [1.54, 1.807) is 23.7 Å². The molecular weight excluding hydrogens is 334 g/mol. The first-order chi connectivity index (χ1) is 11.6. The van der Waals surface area contributed by atoms with Gasteiger partial charge in [0.05, 0.1) is 5.25 Å². The van der Waals surface area contributed by atoms with Gasteiger partial charge in [-0.25, -0.2) is 4.79 Å². The Bertz CT molecular complexity index is 625. The highest BCUT2D eigenvalue weighted by Gasteiger charge is 2.38. The predicted molar refractivity (Wildman–Crippen MR) is 104 cm³/mol. The smallest absolute Gasteiger partial charge is 0.317 e. The van der Waals surface area contributed by atoms with E-state index in [0.29, 0.717) is 13.1 Å². The fourth-order valence-corrected chi connectivity index (χ4v) is 3.98. The summed E-state index contributed by atoms with van der Waals surface area (Å²) < 4.78 is 0. The first-order valence-electron chi connectivity index (χ1n) is 8.64. The van der Waals surface area contributed by atoms with Gasteiger partial charge >= 0.3 is 6.03 Å². The van der Waals surface area contributed by atoms with Crippen LogP contribution in [0.4, 0.5) is 4.79 Å². The monoisotopic (exact) mass is 363 g/mol. The first kappa shape index (κ1) is 19.6. The highest BCUT2D eigenvalue weighted by atomic mass is 32.2. The third-order valence-corrected chi connectivity index (χ3v) is 5.51. The van der Waals surface area contributed by atoms with E-state index in [4.69, 9.17) is 0 Å². The molecule has 1 aromatic carbocycles. The van der Waals surface area contributed by atoms with Crippen molar-refractivity contribution >= 4 is 23.7 Å². The molecule has 1 N–H and O–H groups in total. The molecule has 0 bridgehead atoms. The van der Waals surface area contributed by atoms with Gasteiger partial charge < -0.3 is 15.1 Å². The molecule has 138 valence electrons. The van der Waals surface area contributed by atoms with Crippen molar-refractivity contribution in [2.45, 2.75) is 50.8 Å². The Morgan fingerprint density at radius 1 is 1.28 bits per heavy atom. The summed E-state index contributed by atoms with van der Waals surface area (Å²) in [6.07, 6.45) is 0. The van der Waals surface area contributed by atoms with Crippen molar-refractivity contribution in [1.82, 2.24) is 15.1 Å². The number of thioether (sulfide) groups is 1. The van der Waals surface area contributed by atoms with E-state index in [-0.39, 0.29) is 28.1 Å². The van der Waals surface area contributed by atoms with Gasteiger partial charge in [0.1, 0.15) is 5.37 Å². The molecule has 1 aliphatic heterocycles. The minimum absolute atomic E-state index is 0.0159. The summed E-state index contributed by atoms with van der Waals surface area (Å²) in [6.45, 7) is 10.9. The van der Waals surface area contributed by atoms with E-state index in [1.807, 2.05) is 32.6 Å². The van der Waals surface area contributed by atoms with Gasteiger partial charge in [-0.3, -0.25) is 4.79 Å². The molecular formula is C19H29N3O2S. The van der Waals surface area contributed by atoms with E-state index in [0.717, 1.165) is 5.56 Å². The van der Waals surface area contributed by atoms with Crippen LogP contribution in [0.3, 0.4) is 0 Å². The van der Waals surface area contributed by atoms with Crippen LogP contribution in [-0.2, 0) is 4.79 Å². The third kappa shape index (κ3) is 5.14. The van der Waals surface area contributed by atoms with Crippen molar-refractivity contribution in [2.75, 3.05) is 20.1 Å². The van der Waals surface area contributed by atoms with Crippen LogP contribution in [0.5, 0.6) is 0 Å². The summed E-state index contributed by atoms with van der Waals surface area (Å²) in [5, 5.41) is 2.90. The van der Waals surface area contributed by atoms with Crippen LogP contribution in [-0.4, -0.2) is 52.7 Å². The topological polar surface area (TPSA) is 52.7 Å². The van der Waals surface area contributed by atoms with Crippen LogP contribution in [0.15, 0.2) is 24.3 Å². The van der Waals surface area contributed by atoms with Crippen molar-refractivity contribution in [3.8, 4) is 0 Å². The van der Waals surface area contributed by atoms with Crippen LogP contribution in [0.2, 0.25) is 0 Å². The summed E-state index contributed by atoms with van der Waals surface area (Å²) in [5.74, 6) is 0.139. The molecule has 2 atom stereocenters. The van der Waals surface area contributed by atoms with Gasteiger partial charge in [-0.1, -0.05) is 29.8 Å². The van der Waals surface area contributed by atoms with Crippen molar-refractivity contribution in [2.24, 2.45) is 0 Å². The number of urea groups is 1. The number of nitrogens with one attached hydrogen (secondary N) is 1. The Morgan fingerprint density at radius 2 is 1.88 bits per heavy atom. The van der Waals surface area contributed by atoms with Crippen LogP contribution in [0, 0.1) is 6.92 Å². The van der Waals surface area contributed by atoms with Crippen LogP contribution in [0.1, 0.15) is 44.2 Å². The van der Waals surface area contributed by atoms with Gasteiger partial charge in [0.25, 0.3) is 0 Å². The fourth-order valence-electron chi connectivity index (χ4n) is 2.67. The number of amides is 3. The molecule has 1 fully saturated rings. The van der Waals surface area contributed by atoms with Crippen LogP contribution in [0.25, 0.3) is 0 Å². The maximum absolute atomic E-state index is 12.6. The Labute approximate surface area is 155 Å². The molecule has 0 unspecified atom stereocenters. The molecule has 5 nitrogen and oxygen atoms in total. The van der Waals surface area contributed by atoms with Gasteiger partial charge in [-0.15, -0.1) is 11.8 Å². The molecule has 25 heavy (non-hydrogen) atoms. The van der Waals surface area contributed by atoms with Crippen LogP contribution >= 0.6 is 11.8 Å². The lowest BCUT2D eigenvalue weighted by molar-refractivity contribution is -0.129. The average Bonchev–Trinajstić information content (AvgIpc) is 2.79. The quantitative estimate of drug-likeness (QED) is 0.892. The van der Waals surface area contributed by atoms with E-state index in [9.17, 15) is 9.59 Å². The molecule has 0 aromatic heterocycles. The molecule has 1 aromatic rings. The van der Waals surface area contributed by atoms with E-state index >= 15 is 0 Å². The molecule has 2 rings (SSSR count). The number of carbonyl (C=O) groups is 2. The maximum Gasteiger partial charge on any atom is 0.317 e. The van der Waals surface area contributed by atoms with Crippen molar-refractivity contribution in [1.29, 1.82) is 0 Å². The Hall–Kier alpha value is -1.69. The molecule has 6 heteroatoms. The third-order valence-electron chi connectivity index (χ3n) is 4.11. The number of hydrogen-bond donors (Lipinski definition) is 1. The number of aryl methyl sites for hydroxylation is 1. The van der Waals surface area contributed by atoms with E-state index in [1.165, 1.54) is 5.56 Å². The van der Waals surface area contributed by atoms with Gasteiger partial charge in [0.15, 0.2) is 0 Å². The molecule has 3 amide bonds. The minimum Gasteiger partial charge on any atom is -0.333 e. The second-order valence-corrected chi connectivity index (χ2v) is 9.10. The van der Waals surface area contributed by atoms with Gasteiger partial charge in [-0.2, -0.15) is 0 Å². The largest absolute Gasteiger partial charge is 0.333 e. The number of nitrogens with zero attached hydrogens (tertiary/aromatic N) is 2. The Balaban J connectivity index is 2.03. The molecule has 0 saturated carbocycles. The highest BCUT2D eigenvalue weighted by molar-refractivity contribution is 8.01. The van der Waals surface area contributed by atoms with Crippen molar-refractivity contribution in [3.63, 3.8) is 0 Å². The zero-order valence-corrected chi connectivity index (χ0v) is 16.8. The Kier molecular flexibility index (Phi) is 6.03. The number of benzene rings is 1. The number of likely N-dealkylation sites (N-methyl/N-ethyl adjacent to an activating group) is 1. The fraction of sp³-hybridized carbons (Fsp3) is 0.579. The SMILES string of the molecule is Cc1ccc([C@@H]2S[C@H](C)C(=O)N2CCN(C)C(=O)NC(C)(C)C)cc1. The van der Waals surface area contributed by atoms with E-state index in [2.05, 4.69) is 36.5 Å². The zero-order chi connectivity index (χ0) is 18.8. The summed E-state index contributed by atoms with van der Waals surface area (Å²) in [7, 11) is 1.76. The van der Waals surface area contributed by atoms with Gasteiger partial charge in [0.2, 0.25) is 5.91 Å². The highest BCUT2D eigenvalue weighted by Crippen LogP contribution is 2.42. The number of hydrogen-bond acceptors (Lipinski definition) is 3. The molecule has 1 heterocycles. The number of carbonyl (C=O) groups excluding carboxylic acids is 2. The Morgan fingerprint density at radius 3 is 2.44 bits per heavy atom. The molecule has 0 aliphatic carbocycles. The average molecular weight is 364 g/mol. The first-order valence-corrected chi connectivity index (χ1v) is 9.58. The molecule has 1 saturated heterocycles. The summed E-state index contributed by atoms with van der Waals surface area (Å²) in [4.78, 5) is 28.3. The molecule has 1 aliphatic rings. The minimum atomic E-state index is -0.274. The van der Waals surface area contributed by atoms with E-state index < -0.39 is 0 Å². The zero-order valence-electron chi connectivity index (χ0n) is 16.0. The van der Waals surface area contributed by atoms with Crippen molar-refractivity contribution < 1.29 is 9.59 Å². The maximum atomic E-state index is 12.6. The second kappa shape index (κ2) is 7.68. The summed E-state index contributed by atoms with van der Waals surface area (Å²) >= 11 is 1.67. The summed E-state index contributed by atoms with van der Waals surface area (Å²) in [6, 6.07) is 8.20. The van der Waals surface area contributed by atoms with Gasteiger partial charge in [0, 0.05) is 25.7 Å². The molecule has 0 radical (unpaired) electrons. The lowest BCUT2D eigenvalue weighted by atomic mass is 10.1. The molecule has 0 spiro atoms. The normalized spacial score (nSPS) is 20.7. The standard InChI is InChI=1S/C19H29N3O2S/c1-13-7-9-15(10-8-13)17-22(16(23)14(2)25-17)12-11-21(6)18(24)20-19(3,4)5/h7-10,14,17H,11-12H2,1-6H3,(H,20,24)/t14-,17+/m1/s1. The van der Waals surface area contributed by atoms with Crippen molar-refractivity contribution in [3.05, 3.63) is 35.4 Å². The van der Waals surface area contributed by atoms with Crippen LogP contribution < -0.4 is 5.32 Å². The van der Waals surface area contributed by atoms with Gasteiger partial charge in [-0.05, 0) is 40.2 Å². The predicted octanol–water partition coefficient (Wildman–Crippen LogP) is 3.40. The summed E-state index contributed by atoms with van der Waals surface area (Å²) in [5.41, 5.74) is 2.07. The lowest BCUT2D eigenvalue weighted by Crippen LogP contribution is -2.49.